The van der Waals surface area contributed by atoms with E-state index in [1.807, 2.05) is 6.92 Å². The average molecular weight is 284 g/mol. The van der Waals surface area contributed by atoms with Gasteiger partial charge in [0.2, 0.25) is 16.0 Å². The predicted octanol–water partition coefficient (Wildman–Crippen LogP) is 1.38. The maximum absolute atomic E-state index is 12.0. The first-order chi connectivity index (χ1) is 9.12. The summed E-state index contributed by atoms with van der Waals surface area (Å²) in [6.45, 7) is 3.32. The van der Waals surface area contributed by atoms with E-state index < -0.39 is 10.0 Å². The molecule has 0 saturated heterocycles. The lowest BCUT2D eigenvalue weighted by Gasteiger charge is -2.25. The average Bonchev–Trinajstić information content (AvgIpc) is 2.35. The normalized spacial score (nSPS) is 16.1. The molecular weight excluding hydrogens is 264 g/mol. The van der Waals surface area contributed by atoms with Crippen LogP contribution in [0.1, 0.15) is 32.6 Å². The van der Waals surface area contributed by atoms with Crippen LogP contribution in [0, 0.1) is 5.92 Å². The summed E-state index contributed by atoms with van der Waals surface area (Å²) in [5, 5.41) is 3.00. The molecule has 0 aromatic carbocycles. The second kappa shape index (κ2) is 6.29. The summed E-state index contributed by atoms with van der Waals surface area (Å²) in [6.07, 6.45) is 7.07. The highest BCUT2D eigenvalue weighted by Crippen LogP contribution is 2.25. The Morgan fingerprint density at radius 3 is 2.53 bits per heavy atom. The van der Waals surface area contributed by atoms with E-state index in [4.69, 9.17) is 0 Å². The third-order valence-corrected chi connectivity index (χ3v) is 4.64. The van der Waals surface area contributed by atoms with Gasteiger partial charge in [-0.15, -0.1) is 0 Å². The van der Waals surface area contributed by atoms with Gasteiger partial charge in [0.05, 0.1) is 12.4 Å². The molecule has 0 amide bonds. The van der Waals surface area contributed by atoms with Gasteiger partial charge in [-0.25, -0.2) is 23.1 Å². The molecule has 0 unspecified atom stereocenters. The van der Waals surface area contributed by atoms with E-state index >= 15 is 0 Å². The second-order valence-electron chi connectivity index (χ2n) is 4.82. The molecule has 1 aromatic rings. The number of rotatable bonds is 7. The number of nitrogens with one attached hydrogen (secondary N) is 2. The zero-order valence-electron chi connectivity index (χ0n) is 11.1. The van der Waals surface area contributed by atoms with E-state index in [1.165, 1.54) is 18.8 Å². The summed E-state index contributed by atoms with van der Waals surface area (Å²) in [5.74, 6) is 0.945. The fourth-order valence-electron chi connectivity index (χ4n) is 1.79. The van der Waals surface area contributed by atoms with Crippen molar-refractivity contribution >= 4 is 16.0 Å². The lowest BCUT2D eigenvalue weighted by molar-refractivity contribution is 0.316. The molecule has 2 rings (SSSR count). The van der Waals surface area contributed by atoms with Crippen LogP contribution in [0.2, 0.25) is 0 Å². The van der Waals surface area contributed by atoms with E-state index in [-0.39, 0.29) is 4.90 Å². The van der Waals surface area contributed by atoms with Gasteiger partial charge in [0.25, 0.3) is 0 Å². The number of hydrogen-bond acceptors (Lipinski definition) is 5. The van der Waals surface area contributed by atoms with Crippen molar-refractivity contribution in [2.45, 2.75) is 37.5 Å². The summed E-state index contributed by atoms with van der Waals surface area (Å²) in [5.41, 5.74) is 0. The summed E-state index contributed by atoms with van der Waals surface area (Å²) in [6, 6.07) is 0. The van der Waals surface area contributed by atoms with Crippen LogP contribution in [-0.2, 0) is 10.0 Å². The van der Waals surface area contributed by atoms with Crippen LogP contribution in [0.25, 0.3) is 0 Å². The highest BCUT2D eigenvalue weighted by Gasteiger charge is 2.21. The minimum Gasteiger partial charge on any atom is -0.354 e. The van der Waals surface area contributed by atoms with Gasteiger partial charge in [0, 0.05) is 13.1 Å². The first kappa shape index (κ1) is 14.2. The van der Waals surface area contributed by atoms with Gasteiger partial charge in [0.1, 0.15) is 4.90 Å². The van der Waals surface area contributed by atoms with Crippen LogP contribution in [-0.4, -0.2) is 31.5 Å². The zero-order chi connectivity index (χ0) is 13.7. The highest BCUT2D eigenvalue weighted by atomic mass is 32.2. The SMILES string of the molecule is CCCNc1ncc(S(=O)(=O)NCC2CCC2)cn1. The third kappa shape index (κ3) is 3.87. The molecule has 1 aliphatic carbocycles. The van der Waals surface area contributed by atoms with E-state index in [1.54, 1.807) is 0 Å². The maximum atomic E-state index is 12.0. The van der Waals surface area contributed by atoms with Gasteiger partial charge in [0.15, 0.2) is 0 Å². The molecule has 2 N–H and O–H groups in total. The van der Waals surface area contributed by atoms with Crippen LogP contribution >= 0.6 is 0 Å². The smallest absolute Gasteiger partial charge is 0.243 e. The fourth-order valence-corrected chi connectivity index (χ4v) is 2.80. The fraction of sp³-hybridized carbons (Fsp3) is 0.667. The number of anilines is 1. The molecule has 0 spiro atoms. The van der Waals surface area contributed by atoms with Gasteiger partial charge < -0.3 is 5.32 Å². The molecular formula is C12H20N4O2S. The summed E-state index contributed by atoms with van der Waals surface area (Å²) in [4.78, 5) is 8.12. The molecule has 0 bridgehead atoms. The molecule has 1 aromatic heterocycles. The number of hydrogen-bond donors (Lipinski definition) is 2. The Kier molecular flexibility index (Phi) is 4.71. The van der Waals surface area contributed by atoms with E-state index in [9.17, 15) is 8.42 Å². The Morgan fingerprint density at radius 2 is 2.00 bits per heavy atom. The van der Waals surface area contributed by atoms with E-state index in [0.29, 0.717) is 18.4 Å². The Hall–Kier alpha value is -1.21. The van der Waals surface area contributed by atoms with Crippen molar-refractivity contribution in [3.8, 4) is 0 Å². The van der Waals surface area contributed by atoms with Gasteiger partial charge in [-0.2, -0.15) is 0 Å². The van der Waals surface area contributed by atoms with Gasteiger partial charge in [-0.05, 0) is 25.2 Å². The first-order valence-corrected chi connectivity index (χ1v) is 8.15. The molecule has 19 heavy (non-hydrogen) atoms. The molecule has 106 valence electrons. The molecule has 1 aliphatic rings. The van der Waals surface area contributed by atoms with Crippen LogP contribution in [0.4, 0.5) is 5.95 Å². The molecule has 0 atom stereocenters. The standard InChI is InChI=1S/C12H20N4O2S/c1-2-6-13-12-14-8-11(9-15-12)19(17,18)16-7-10-4-3-5-10/h8-10,16H,2-7H2,1H3,(H,13,14,15). The molecule has 0 aliphatic heterocycles. The quantitative estimate of drug-likeness (QED) is 0.790. The molecule has 1 heterocycles. The summed E-state index contributed by atoms with van der Waals surface area (Å²) < 4.78 is 26.6. The minimum atomic E-state index is -3.47. The highest BCUT2D eigenvalue weighted by molar-refractivity contribution is 7.89. The third-order valence-electron chi connectivity index (χ3n) is 3.26. The lowest BCUT2D eigenvalue weighted by Crippen LogP contribution is -2.32. The predicted molar refractivity (Wildman–Crippen MR) is 73.3 cm³/mol. The molecule has 7 heteroatoms. The Morgan fingerprint density at radius 1 is 1.32 bits per heavy atom. The molecule has 6 nitrogen and oxygen atoms in total. The van der Waals surface area contributed by atoms with Crippen LogP contribution in [0.5, 0.6) is 0 Å². The molecule has 1 fully saturated rings. The van der Waals surface area contributed by atoms with Crippen molar-refractivity contribution in [3.05, 3.63) is 12.4 Å². The second-order valence-corrected chi connectivity index (χ2v) is 6.58. The summed E-state index contributed by atoms with van der Waals surface area (Å²) in [7, 11) is -3.47. The first-order valence-electron chi connectivity index (χ1n) is 6.67. The van der Waals surface area contributed by atoms with Crippen molar-refractivity contribution in [1.29, 1.82) is 0 Å². The largest absolute Gasteiger partial charge is 0.354 e. The van der Waals surface area contributed by atoms with Gasteiger partial charge in [-0.1, -0.05) is 13.3 Å². The number of sulfonamides is 1. The molecule has 1 saturated carbocycles. The monoisotopic (exact) mass is 284 g/mol. The summed E-state index contributed by atoms with van der Waals surface area (Å²) >= 11 is 0. The lowest BCUT2D eigenvalue weighted by atomic mass is 9.86. The topological polar surface area (TPSA) is 84.0 Å². The van der Waals surface area contributed by atoms with Gasteiger partial charge >= 0.3 is 0 Å². The number of nitrogens with zero attached hydrogens (tertiary/aromatic N) is 2. The van der Waals surface area contributed by atoms with Crippen molar-refractivity contribution in [1.82, 2.24) is 14.7 Å². The maximum Gasteiger partial charge on any atom is 0.243 e. The van der Waals surface area contributed by atoms with Crippen molar-refractivity contribution < 1.29 is 8.42 Å². The van der Waals surface area contributed by atoms with Gasteiger partial charge in [-0.3, -0.25) is 0 Å². The van der Waals surface area contributed by atoms with Crippen LogP contribution < -0.4 is 10.0 Å². The van der Waals surface area contributed by atoms with Crippen molar-refractivity contribution in [3.63, 3.8) is 0 Å². The van der Waals surface area contributed by atoms with Crippen molar-refractivity contribution in [2.24, 2.45) is 5.92 Å². The van der Waals surface area contributed by atoms with E-state index in [0.717, 1.165) is 25.8 Å². The zero-order valence-corrected chi connectivity index (χ0v) is 11.9. The molecule has 0 radical (unpaired) electrons. The van der Waals surface area contributed by atoms with E-state index in [2.05, 4.69) is 20.0 Å². The Bertz CT molecular complexity index is 497. The van der Waals surface area contributed by atoms with Crippen molar-refractivity contribution in [2.75, 3.05) is 18.4 Å². The van der Waals surface area contributed by atoms with Crippen LogP contribution in [0.15, 0.2) is 17.3 Å². The number of aromatic nitrogens is 2. The Labute approximate surface area is 114 Å². The van der Waals surface area contributed by atoms with Crippen LogP contribution in [0.3, 0.4) is 0 Å². The Balaban J connectivity index is 1.94. The minimum absolute atomic E-state index is 0.119.